The highest BCUT2D eigenvalue weighted by Gasteiger charge is 2.40. The molecule has 0 aliphatic heterocycles. The van der Waals surface area contributed by atoms with Gasteiger partial charge in [-0.2, -0.15) is 13.2 Å². The number of carboxylic acids is 1. The van der Waals surface area contributed by atoms with E-state index in [0.717, 1.165) is 17.2 Å². The minimum absolute atomic E-state index is 0.437. The first-order chi connectivity index (χ1) is 8.79. The summed E-state index contributed by atoms with van der Waals surface area (Å²) >= 11 is 0. The normalized spacial score (nSPS) is 15.4. The van der Waals surface area contributed by atoms with Gasteiger partial charge in [0.1, 0.15) is 12.1 Å². The molecule has 1 aromatic rings. The van der Waals surface area contributed by atoms with Crippen molar-refractivity contribution in [1.82, 2.24) is 4.98 Å². The summed E-state index contributed by atoms with van der Waals surface area (Å²) in [5.74, 6) is -3.32. The number of pyridine rings is 1. The van der Waals surface area contributed by atoms with Crippen LogP contribution >= 0.6 is 0 Å². The molecule has 1 N–H and O–H groups in total. The molecule has 1 aliphatic rings. The van der Waals surface area contributed by atoms with E-state index in [-0.39, 0.29) is 0 Å². The van der Waals surface area contributed by atoms with Gasteiger partial charge >= 0.3 is 12.1 Å². The Labute approximate surface area is 105 Å². The van der Waals surface area contributed by atoms with Crippen LogP contribution in [0.4, 0.5) is 23.4 Å². The van der Waals surface area contributed by atoms with E-state index in [2.05, 4.69) is 4.98 Å². The summed E-state index contributed by atoms with van der Waals surface area (Å²) in [7, 11) is 0. The van der Waals surface area contributed by atoms with Gasteiger partial charge in [-0.3, -0.25) is 0 Å². The molecule has 4 nitrogen and oxygen atoms in total. The molecule has 19 heavy (non-hydrogen) atoms. The minimum Gasteiger partial charge on any atom is -0.478 e. The zero-order valence-corrected chi connectivity index (χ0v) is 9.62. The number of carboxylic acid groups (broad SMARTS) is 1. The van der Waals surface area contributed by atoms with Crippen molar-refractivity contribution in [1.29, 1.82) is 0 Å². The first-order valence-electron chi connectivity index (χ1n) is 5.51. The van der Waals surface area contributed by atoms with Crippen LogP contribution in [0.3, 0.4) is 0 Å². The van der Waals surface area contributed by atoms with E-state index < -0.39 is 41.9 Å². The molecule has 0 aromatic carbocycles. The first kappa shape index (κ1) is 13.6. The summed E-state index contributed by atoms with van der Waals surface area (Å²) in [4.78, 5) is 15.1. The number of aromatic carboxylic acids is 1. The lowest BCUT2D eigenvalue weighted by molar-refractivity contribution is -0.120. The van der Waals surface area contributed by atoms with Gasteiger partial charge in [0.15, 0.2) is 11.6 Å². The Morgan fingerprint density at radius 1 is 1.47 bits per heavy atom. The number of halogens is 4. The molecular weight excluding hydrogens is 268 g/mol. The smallest absolute Gasteiger partial charge is 0.405 e. The molecule has 1 fully saturated rings. The van der Waals surface area contributed by atoms with Crippen LogP contribution in [0.15, 0.2) is 12.3 Å². The van der Waals surface area contributed by atoms with Crippen molar-refractivity contribution in [3.8, 4) is 0 Å². The molecule has 1 aromatic heterocycles. The van der Waals surface area contributed by atoms with Crippen LogP contribution in [0.5, 0.6) is 0 Å². The molecule has 1 heterocycles. The van der Waals surface area contributed by atoms with Gasteiger partial charge in [-0.15, -0.1) is 0 Å². The summed E-state index contributed by atoms with van der Waals surface area (Å²) in [5.41, 5.74) is -0.683. The molecule has 0 atom stereocenters. The Bertz CT molecular complexity index is 500. The number of anilines is 1. The van der Waals surface area contributed by atoms with Crippen molar-refractivity contribution in [2.45, 2.75) is 25.1 Å². The Morgan fingerprint density at radius 3 is 2.58 bits per heavy atom. The fourth-order valence-electron chi connectivity index (χ4n) is 1.75. The Kier molecular flexibility index (Phi) is 3.34. The van der Waals surface area contributed by atoms with Crippen LogP contribution in [0, 0.1) is 5.82 Å². The van der Waals surface area contributed by atoms with Gasteiger partial charge in [-0.25, -0.2) is 14.2 Å². The van der Waals surface area contributed by atoms with Crippen molar-refractivity contribution < 1.29 is 27.5 Å². The predicted octanol–water partition coefficient (Wildman–Crippen LogP) is 2.45. The number of nitrogens with zero attached hydrogens (tertiary/aromatic N) is 2. The standard InChI is InChI=1S/C11H10F4N2O2/c12-8-7(10(18)19)3-4-16-9(8)17(6-1-2-6)5-11(13,14)15/h3-4,6H,1-2,5H2,(H,18,19). The summed E-state index contributed by atoms with van der Waals surface area (Å²) < 4.78 is 51.3. The molecule has 0 bridgehead atoms. The molecule has 8 heteroatoms. The zero-order chi connectivity index (χ0) is 14.2. The molecule has 0 radical (unpaired) electrons. The second-order valence-corrected chi connectivity index (χ2v) is 4.28. The second-order valence-electron chi connectivity index (χ2n) is 4.28. The lowest BCUT2D eigenvalue weighted by Gasteiger charge is -2.25. The number of alkyl halides is 3. The Morgan fingerprint density at radius 2 is 2.11 bits per heavy atom. The molecular formula is C11H10F4N2O2. The monoisotopic (exact) mass is 278 g/mol. The zero-order valence-electron chi connectivity index (χ0n) is 9.62. The van der Waals surface area contributed by atoms with Crippen LogP contribution in [0.2, 0.25) is 0 Å². The van der Waals surface area contributed by atoms with E-state index in [1.165, 1.54) is 0 Å². The lowest BCUT2D eigenvalue weighted by Crippen LogP contribution is -2.37. The lowest BCUT2D eigenvalue weighted by atomic mass is 10.2. The van der Waals surface area contributed by atoms with Crippen LogP contribution in [0.1, 0.15) is 23.2 Å². The van der Waals surface area contributed by atoms with E-state index in [1.807, 2.05) is 0 Å². The third-order valence-corrected chi connectivity index (χ3v) is 2.71. The summed E-state index contributed by atoms with van der Waals surface area (Å²) in [6.07, 6.45) is -2.49. The molecule has 104 valence electrons. The van der Waals surface area contributed by atoms with Crippen LogP contribution < -0.4 is 4.90 Å². The third kappa shape index (κ3) is 3.12. The van der Waals surface area contributed by atoms with E-state index in [4.69, 9.17) is 5.11 Å². The van der Waals surface area contributed by atoms with Gasteiger partial charge in [0.05, 0.1) is 0 Å². The van der Waals surface area contributed by atoms with Crippen LogP contribution in [-0.2, 0) is 0 Å². The van der Waals surface area contributed by atoms with Gasteiger partial charge < -0.3 is 10.0 Å². The number of rotatable bonds is 4. The molecule has 2 rings (SSSR count). The van der Waals surface area contributed by atoms with Gasteiger partial charge in [0, 0.05) is 12.2 Å². The maximum absolute atomic E-state index is 13.9. The molecule has 0 saturated heterocycles. The number of carbonyl (C=O) groups is 1. The fraction of sp³-hybridized carbons (Fsp3) is 0.455. The Balaban J connectivity index is 2.37. The average Bonchev–Trinajstić information content (AvgIpc) is 3.08. The Hall–Kier alpha value is -1.86. The predicted molar refractivity (Wildman–Crippen MR) is 57.6 cm³/mol. The first-order valence-corrected chi connectivity index (χ1v) is 5.51. The highest BCUT2D eigenvalue weighted by molar-refractivity contribution is 5.88. The third-order valence-electron chi connectivity index (χ3n) is 2.71. The molecule has 0 spiro atoms. The van der Waals surface area contributed by atoms with Gasteiger partial charge in [-0.05, 0) is 18.9 Å². The topological polar surface area (TPSA) is 53.4 Å². The van der Waals surface area contributed by atoms with Crippen molar-refractivity contribution in [2.24, 2.45) is 0 Å². The maximum atomic E-state index is 13.9. The van der Waals surface area contributed by atoms with Gasteiger partial charge in [-0.1, -0.05) is 0 Å². The van der Waals surface area contributed by atoms with E-state index >= 15 is 0 Å². The number of hydrogen-bond acceptors (Lipinski definition) is 3. The van der Waals surface area contributed by atoms with Crippen molar-refractivity contribution in [3.05, 3.63) is 23.6 Å². The van der Waals surface area contributed by atoms with Crippen molar-refractivity contribution >= 4 is 11.8 Å². The van der Waals surface area contributed by atoms with Crippen molar-refractivity contribution in [2.75, 3.05) is 11.4 Å². The van der Waals surface area contributed by atoms with Crippen molar-refractivity contribution in [3.63, 3.8) is 0 Å². The van der Waals surface area contributed by atoms with Gasteiger partial charge in [0.2, 0.25) is 0 Å². The van der Waals surface area contributed by atoms with E-state index in [0.29, 0.717) is 12.8 Å². The summed E-state index contributed by atoms with van der Waals surface area (Å²) in [6, 6.07) is 0.479. The summed E-state index contributed by atoms with van der Waals surface area (Å²) in [5, 5.41) is 8.75. The molecule has 1 aliphatic carbocycles. The summed E-state index contributed by atoms with van der Waals surface area (Å²) in [6.45, 7) is -1.34. The van der Waals surface area contributed by atoms with E-state index in [9.17, 15) is 22.4 Å². The minimum atomic E-state index is -4.50. The van der Waals surface area contributed by atoms with E-state index in [1.54, 1.807) is 0 Å². The average molecular weight is 278 g/mol. The fourth-order valence-corrected chi connectivity index (χ4v) is 1.75. The maximum Gasteiger partial charge on any atom is 0.405 e. The molecule has 0 amide bonds. The largest absolute Gasteiger partial charge is 0.478 e. The van der Waals surface area contributed by atoms with Gasteiger partial charge in [0.25, 0.3) is 0 Å². The van der Waals surface area contributed by atoms with Crippen LogP contribution in [-0.4, -0.2) is 34.8 Å². The van der Waals surface area contributed by atoms with Crippen LogP contribution in [0.25, 0.3) is 0 Å². The molecule has 0 unspecified atom stereocenters. The molecule has 1 saturated carbocycles. The number of aromatic nitrogens is 1. The highest BCUT2D eigenvalue weighted by Crippen LogP contribution is 2.35. The SMILES string of the molecule is O=C(O)c1ccnc(N(CC(F)(F)F)C2CC2)c1F. The highest BCUT2D eigenvalue weighted by atomic mass is 19.4. The second kappa shape index (κ2) is 4.67. The quantitative estimate of drug-likeness (QED) is 0.859. The number of hydrogen-bond donors (Lipinski definition) is 1.